The third-order valence-corrected chi connectivity index (χ3v) is 6.39. The van der Waals surface area contributed by atoms with Crippen molar-refractivity contribution in [2.45, 2.75) is 0 Å². The first-order valence-electron chi connectivity index (χ1n) is 14.2. The Bertz CT molecular complexity index is 1520. The molecule has 222 valence electrons. The van der Waals surface area contributed by atoms with Crippen LogP contribution in [0.4, 0.5) is 11.4 Å². The number of rotatable bonds is 14. The van der Waals surface area contributed by atoms with Gasteiger partial charge in [0.05, 0.1) is 11.4 Å². The Hall–Kier alpha value is -5.76. The average molecular weight is 589 g/mol. The lowest BCUT2D eigenvalue weighted by molar-refractivity contribution is 0.101. The van der Waals surface area contributed by atoms with Crippen LogP contribution in [0, 0.1) is 0 Å². The molecule has 0 heterocycles. The number of nitrogens with one attached hydrogen (secondary N) is 2. The second-order valence-corrected chi connectivity index (χ2v) is 9.50. The molecule has 5 rings (SSSR count). The van der Waals surface area contributed by atoms with Gasteiger partial charge in [-0.25, -0.2) is 0 Å². The molecule has 0 saturated heterocycles. The lowest BCUT2D eigenvalue weighted by atomic mass is 10.1. The van der Waals surface area contributed by atoms with Crippen molar-refractivity contribution in [2.75, 3.05) is 37.1 Å². The van der Waals surface area contributed by atoms with Gasteiger partial charge in [0, 0.05) is 11.1 Å². The van der Waals surface area contributed by atoms with E-state index in [0.29, 0.717) is 60.4 Å². The van der Waals surface area contributed by atoms with Gasteiger partial charge in [-0.2, -0.15) is 0 Å². The standard InChI is InChI=1S/C36H32N2O6/c39-35(37-31-15-7-9-17-33(31)43-25-23-41-29-11-3-1-4-12-29)27-19-21-28(22-20-27)36(40)38-32-16-8-10-18-34(32)44-26-24-42-30-13-5-2-6-14-30/h1-22H,23-26H2,(H,37,39)(H,38,40). The van der Waals surface area contributed by atoms with Crippen LogP contribution in [0.1, 0.15) is 20.7 Å². The number of carbonyl (C=O) groups is 2. The van der Waals surface area contributed by atoms with Gasteiger partial charge in [-0.15, -0.1) is 0 Å². The van der Waals surface area contributed by atoms with E-state index >= 15 is 0 Å². The lowest BCUT2D eigenvalue weighted by Gasteiger charge is -2.14. The minimum Gasteiger partial charge on any atom is -0.490 e. The first-order chi connectivity index (χ1) is 21.7. The van der Waals surface area contributed by atoms with Crippen molar-refractivity contribution in [2.24, 2.45) is 0 Å². The van der Waals surface area contributed by atoms with Gasteiger partial charge in [-0.3, -0.25) is 9.59 Å². The second-order valence-electron chi connectivity index (χ2n) is 9.50. The molecule has 5 aromatic rings. The van der Waals surface area contributed by atoms with E-state index in [9.17, 15) is 9.59 Å². The summed E-state index contributed by atoms with van der Waals surface area (Å²) < 4.78 is 23.1. The zero-order valence-corrected chi connectivity index (χ0v) is 24.0. The summed E-state index contributed by atoms with van der Waals surface area (Å²) in [6.07, 6.45) is 0. The molecule has 2 N–H and O–H groups in total. The monoisotopic (exact) mass is 588 g/mol. The molecule has 5 aromatic carbocycles. The number of ether oxygens (including phenoxy) is 4. The molecule has 0 bridgehead atoms. The molecule has 0 atom stereocenters. The predicted octanol–water partition coefficient (Wildman–Crippen LogP) is 7.11. The van der Waals surface area contributed by atoms with Crippen LogP contribution in [0.15, 0.2) is 133 Å². The summed E-state index contributed by atoms with van der Waals surface area (Å²) in [5.74, 6) is 1.92. The van der Waals surface area contributed by atoms with Gasteiger partial charge in [-0.1, -0.05) is 60.7 Å². The molecule has 0 spiro atoms. The van der Waals surface area contributed by atoms with Crippen LogP contribution in [0.2, 0.25) is 0 Å². The van der Waals surface area contributed by atoms with Crippen LogP contribution in [0.3, 0.4) is 0 Å². The molecule has 0 aliphatic heterocycles. The van der Waals surface area contributed by atoms with Gasteiger partial charge >= 0.3 is 0 Å². The molecule has 0 saturated carbocycles. The Balaban J connectivity index is 1.12. The highest BCUT2D eigenvalue weighted by Gasteiger charge is 2.13. The molecule has 8 nitrogen and oxygen atoms in total. The number of hydrogen-bond donors (Lipinski definition) is 2. The molecule has 0 unspecified atom stereocenters. The van der Waals surface area contributed by atoms with Crippen LogP contribution >= 0.6 is 0 Å². The molecule has 0 fully saturated rings. The van der Waals surface area contributed by atoms with Crippen LogP contribution in [0.25, 0.3) is 0 Å². The zero-order chi connectivity index (χ0) is 30.4. The number of benzene rings is 5. The van der Waals surface area contributed by atoms with E-state index in [1.807, 2.05) is 84.9 Å². The van der Waals surface area contributed by atoms with Crippen LogP contribution in [0.5, 0.6) is 23.0 Å². The summed E-state index contributed by atoms with van der Waals surface area (Å²) in [5, 5.41) is 5.77. The van der Waals surface area contributed by atoms with Gasteiger partial charge in [0.15, 0.2) is 0 Å². The van der Waals surface area contributed by atoms with E-state index < -0.39 is 0 Å². The molecule has 2 amide bonds. The van der Waals surface area contributed by atoms with Crippen molar-refractivity contribution in [1.29, 1.82) is 0 Å². The largest absolute Gasteiger partial charge is 0.490 e. The fourth-order valence-electron chi connectivity index (χ4n) is 4.21. The Morgan fingerprint density at radius 1 is 0.409 bits per heavy atom. The summed E-state index contributed by atoms with van der Waals surface area (Å²) >= 11 is 0. The van der Waals surface area contributed by atoms with E-state index in [4.69, 9.17) is 18.9 Å². The van der Waals surface area contributed by atoms with Crippen molar-refractivity contribution in [3.8, 4) is 23.0 Å². The maximum atomic E-state index is 13.0. The highest BCUT2D eigenvalue weighted by atomic mass is 16.5. The topological polar surface area (TPSA) is 95.1 Å². The molecule has 0 aromatic heterocycles. The third kappa shape index (κ3) is 8.62. The van der Waals surface area contributed by atoms with Crippen LogP contribution in [-0.4, -0.2) is 38.2 Å². The Morgan fingerprint density at radius 2 is 0.750 bits per heavy atom. The zero-order valence-electron chi connectivity index (χ0n) is 24.0. The highest BCUT2D eigenvalue weighted by Crippen LogP contribution is 2.26. The maximum Gasteiger partial charge on any atom is 0.255 e. The van der Waals surface area contributed by atoms with Crippen molar-refractivity contribution in [1.82, 2.24) is 0 Å². The first kappa shape index (κ1) is 29.7. The summed E-state index contributed by atoms with van der Waals surface area (Å²) in [4.78, 5) is 26.0. The molecule has 44 heavy (non-hydrogen) atoms. The SMILES string of the molecule is O=C(Nc1ccccc1OCCOc1ccccc1)c1ccc(C(=O)Nc2ccccc2OCCOc2ccccc2)cc1. The molecule has 0 aliphatic rings. The number of anilines is 2. The molecular formula is C36H32N2O6. The minimum atomic E-state index is -0.329. The van der Waals surface area contributed by atoms with Crippen molar-refractivity contribution >= 4 is 23.2 Å². The smallest absolute Gasteiger partial charge is 0.255 e. The van der Waals surface area contributed by atoms with Crippen molar-refractivity contribution in [3.05, 3.63) is 145 Å². The van der Waals surface area contributed by atoms with E-state index in [1.54, 1.807) is 48.5 Å². The lowest BCUT2D eigenvalue weighted by Crippen LogP contribution is -2.16. The summed E-state index contributed by atoms with van der Waals surface area (Å²) in [6, 6.07) is 39.8. The van der Waals surface area contributed by atoms with E-state index in [-0.39, 0.29) is 11.8 Å². The van der Waals surface area contributed by atoms with E-state index in [2.05, 4.69) is 10.6 Å². The minimum absolute atomic E-state index is 0.307. The number of carbonyl (C=O) groups excluding carboxylic acids is 2. The molecule has 0 radical (unpaired) electrons. The summed E-state index contributed by atoms with van der Waals surface area (Å²) in [5.41, 5.74) is 1.85. The Kier molecular flexibility index (Phi) is 10.4. The quantitative estimate of drug-likeness (QED) is 0.134. The van der Waals surface area contributed by atoms with E-state index in [1.165, 1.54) is 0 Å². The van der Waals surface area contributed by atoms with Gasteiger partial charge < -0.3 is 29.6 Å². The number of para-hydroxylation sites is 6. The fourth-order valence-corrected chi connectivity index (χ4v) is 4.21. The normalized spacial score (nSPS) is 10.4. The number of hydrogen-bond acceptors (Lipinski definition) is 6. The second kappa shape index (κ2) is 15.5. The summed E-state index contributed by atoms with van der Waals surface area (Å²) in [6.45, 7) is 1.33. The number of amides is 2. The van der Waals surface area contributed by atoms with Crippen LogP contribution in [-0.2, 0) is 0 Å². The van der Waals surface area contributed by atoms with E-state index in [0.717, 1.165) is 11.5 Å². The van der Waals surface area contributed by atoms with Crippen molar-refractivity contribution < 1.29 is 28.5 Å². The Labute approximate surface area is 256 Å². The average Bonchev–Trinajstić information content (AvgIpc) is 3.07. The van der Waals surface area contributed by atoms with Gasteiger partial charge in [-0.05, 0) is 72.8 Å². The highest BCUT2D eigenvalue weighted by molar-refractivity contribution is 6.07. The predicted molar refractivity (Wildman–Crippen MR) is 170 cm³/mol. The third-order valence-electron chi connectivity index (χ3n) is 6.39. The molecular weight excluding hydrogens is 556 g/mol. The van der Waals surface area contributed by atoms with Crippen LogP contribution < -0.4 is 29.6 Å². The van der Waals surface area contributed by atoms with Gasteiger partial charge in [0.1, 0.15) is 49.4 Å². The van der Waals surface area contributed by atoms with Gasteiger partial charge in [0.2, 0.25) is 0 Å². The first-order valence-corrected chi connectivity index (χ1v) is 14.2. The van der Waals surface area contributed by atoms with Gasteiger partial charge in [0.25, 0.3) is 11.8 Å². The van der Waals surface area contributed by atoms with Crippen molar-refractivity contribution in [3.63, 3.8) is 0 Å². The summed E-state index contributed by atoms with van der Waals surface area (Å²) in [7, 11) is 0. The fraction of sp³-hybridized carbons (Fsp3) is 0.111. The molecule has 8 heteroatoms. The molecule has 0 aliphatic carbocycles. The Morgan fingerprint density at radius 3 is 1.16 bits per heavy atom. The maximum absolute atomic E-state index is 13.0.